The van der Waals surface area contributed by atoms with Gasteiger partial charge in [0.25, 0.3) is 0 Å². The third-order valence-electron chi connectivity index (χ3n) is 3.71. The lowest BCUT2D eigenvalue weighted by atomic mass is 10.2. The highest BCUT2D eigenvalue weighted by Gasteiger charge is 2.25. The topological polar surface area (TPSA) is 75.7 Å². The number of rotatable bonds is 7. The van der Waals surface area contributed by atoms with E-state index in [4.69, 9.17) is 4.74 Å². The van der Waals surface area contributed by atoms with Gasteiger partial charge in [0.2, 0.25) is 15.9 Å². The molecule has 0 aromatic heterocycles. The van der Waals surface area contributed by atoms with Crippen molar-refractivity contribution in [1.82, 2.24) is 9.62 Å². The summed E-state index contributed by atoms with van der Waals surface area (Å²) in [5, 5.41) is 2.73. The molecule has 1 saturated heterocycles. The van der Waals surface area contributed by atoms with Crippen LogP contribution in [0.25, 0.3) is 0 Å². The molecule has 2 rings (SSSR count). The Hall–Kier alpha value is -1.60. The molecular weight excluding hydrogens is 304 g/mol. The molecule has 0 spiro atoms. The van der Waals surface area contributed by atoms with Gasteiger partial charge in [-0.3, -0.25) is 4.79 Å². The van der Waals surface area contributed by atoms with Gasteiger partial charge in [-0.1, -0.05) is 18.2 Å². The van der Waals surface area contributed by atoms with Gasteiger partial charge in [-0.2, -0.15) is 0 Å². The van der Waals surface area contributed by atoms with Gasteiger partial charge in [0.05, 0.1) is 12.9 Å². The van der Waals surface area contributed by atoms with Crippen LogP contribution in [0.3, 0.4) is 0 Å². The molecule has 1 aliphatic heterocycles. The second-order valence-electron chi connectivity index (χ2n) is 5.26. The number of carbonyl (C=O) groups is 1. The molecular formula is C15H22N2O4S. The van der Waals surface area contributed by atoms with Crippen molar-refractivity contribution in [2.45, 2.75) is 25.8 Å². The van der Waals surface area contributed by atoms with Gasteiger partial charge in [0, 0.05) is 31.6 Å². The average molecular weight is 326 g/mol. The first-order valence-electron chi connectivity index (χ1n) is 7.39. The molecule has 1 aliphatic rings. The molecule has 0 saturated carbocycles. The highest BCUT2D eigenvalue weighted by Crippen LogP contribution is 2.17. The van der Waals surface area contributed by atoms with E-state index in [1.165, 1.54) is 4.31 Å². The van der Waals surface area contributed by atoms with Gasteiger partial charge in [-0.25, -0.2) is 12.7 Å². The van der Waals surface area contributed by atoms with Crippen molar-refractivity contribution in [3.05, 3.63) is 29.8 Å². The summed E-state index contributed by atoms with van der Waals surface area (Å²) in [4.78, 5) is 11.8. The monoisotopic (exact) mass is 326 g/mol. The summed E-state index contributed by atoms with van der Waals surface area (Å²) >= 11 is 0. The van der Waals surface area contributed by atoms with E-state index < -0.39 is 10.0 Å². The Morgan fingerprint density at radius 2 is 1.95 bits per heavy atom. The quantitative estimate of drug-likeness (QED) is 0.815. The zero-order chi connectivity index (χ0) is 16.0. The molecule has 1 amide bonds. The van der Waals surface area contributed by atoms with Gasteiger partial charge >= 0.3 is 0 Å². The fourth-order valence-corrected chi connectivity index (χ4v) is 3.96. The Kier molecular flexibility index (Phi) is 5.79. The predicted molar refractivity (Wildman–Crippen MR) is 84.1 cm³/mol. The van der Waals surface area contributed by atoms with E-state index in [0.717, 1.165) is 18.4 Å². The van der Waals surface area contributed by atoms with Crippen molar-refractivity contribution in [2.75, 3.05) is 26.0 Å². The number of ether oxygens (including phenoxy) is 1. The van der Waals surface area contributed by atoms with Crippen molar-refractivity contribution in [3.8, 4) is 5.75 Å². The molecule has 22 heavy (non-hydrogen) atoms. The first-order chi connectivity index (χ1) is 10.5. The number of hydrogen-bond donors (Lipinski definition) is 1. The fourth-order valence-electron chi connectivity index (χ4n) is 2.45. The molecule has 1 fully saturated rings. The van der Waals surface area contributed by atoms with E-state index in [9.17, 15) is 13.2 Å². The van der Waals surface area contributed by atoms with E-state index in [1.807, 2.05) is 24.3 Å². The highest BCUT2D eigenvalue weighted by molar-refractivity contribution is 7.89. The van der Waals surface area contributed by atoms with Gasteiger partial charge in [-0.15, -0.1) is 0 Å². The Balaban J connectivity index is 1.81. The highest BCUT2D eigenvalue weighted by atomic mass is 32.2. The van der Waals surface area contributed by atoms with E-state index in [1.54, 1.807) is 7.11 Å². The maximum atomic E-state index is 12.0. The molecule has 0 aliphatic carbocycles. The number of hydrogen-bond acceptors (Lipinski definition) is 4. The number of sulfonamides is 1. The molecule has 0 radical (unpaired) electrons. The van der Waals surface area contributed by atoms with Crippen LogP contribution in [-0.2, 0) is 21.4 Å². The fraction of sp³-hybridized carbons (Fsp3) is 0.533. The maximum Gasteiger partial charge on any atom is 0.221 e. The van der Waals surface area contributed by atoms with Crippen molar-refractivity contribution in [2.24, 2.45) is 0 Å². The summed E-state index contributed by atoms with van der Waals surface area (Å²) in [6, 6.07) is 7.40. The van der Waals surface area contributed by atoms with Crippen molar-refractivity contribution in [3.63, 3.8) is 0 Å². The van der Waals surface area contributed by atoms with Crippen LogP contribution in [0.5, 0.6) is 5.75 Å². The minimum absolute atomic E-state index is 0.0199. The van der Waals surface area contributed by atoms with Crippen LogP contribution in [0.1, 0.15) is 24.8 Å². The maximum absolute atomic E-state index is 12.0. The van der Waals surface area contributed by atoms with Gasteiger partial charge in [-0.05, 0) is 18.9 Å². The molecule has 122 valence electrons. The van der Waals surface area contributed by atoms with Crippen LogP contribution in [0.15, 0.2) is 24.3 Å². The largest absolute Gasteiger partial charge is 0.496 e. The lowest BCUT2D eigenvalue weighted by Gasteiger charge is -2.15. The zero-order valence-electron chi connectivity index (χ0n) is 12.7. The molecule has 1 N–H and O–H groups in total. The van der Waals surface area contributed by atoms with Crippen molar-refractivity contribution < 1.29 is 17.9 Å². The standard InChI is InChI=1S/C15H22N2O4S/c1-21-14-7-3-2-6-13(14)12-16-15(18)8-11-22(19,20)17-9-4-5-10-17/h2-3,6-7H,4-5,8-12H2,1H3,(H,16,18). The number of nitrogens with zero attached hydrogens (tertiary/aromatic N) is 1. The lowest BCUT2D eigenvalue weighted by Crippen LogP contribution is -2.33. The minimum atomic E-state index is -3.30. The van der Waals surface area contributed by atoms with E-state index >= 15 is 0 Å². The molecule has 1 heterocycles. The van der Waals surface area contributed by atoms with Crippen LogP contribution in [0, 0.1) is 0 Å². The van der Waals surface area contributed by atoms with E-state index in [2.05, 4.69) is 5.32 Å². The van der Waals surface area contributed by atoms with E-state index in [0.29, 0.717) is 25.4 Å². The SMILES string of the molecule is COc1ccccc1CNC(=O)CCS(=O)(=O)N1CCCC1. The first kappa shape index (κ1) is 16.8. The zero-order valence-corrected chi connectivity index (χ0v) is 13.6. The Morgan fingerprint density at radius 3 is 2.64 bits per heavy atom. The van der Waals surface area contributed by atoms with Crippen LogP contribution in [-0.4, -0.2) is 44.6 Å². The van der Waals surface area contributed by atoms with E-state index in [-0.39, 0.29) is 18.1 Å². The number of amides is 1. The van der Waals surface area contributed by atoms with Gasteiger partial charge in [0.15, 0.2) is 0 Å². The molecule has 0 unspecified atom stereocenters. The van der Waals surface area contributed by atoms with Crippen LogP contribution in [0.4, 0.5) is 0 Å². The molecule has 1 aromatic rings. The summed E-state index contributed by atoms with van der Waals surface area (Å²) in [6.07, 6.45) is 1.78. The summed E-state index contributed by atoms with van der Waals surface area (Å²) in [7, 11) is -1.73. The normalized spacial score (nSPS) is 15.7. The van der Waals surface area contributed by atoms with Gasteiger partial charge < -0.3 is 10.1 Å². The summed E-state index contributed by atoms with van der Waals surface area (Å²) in [5.41, 5.74) is 0.862. The molecule has 6 nitrogen and oxygen atoms in total. The summed E-state index contributed by atoms with van der Waals surface area (Å²) < 4.78 is 30.8. The molecule has 0 atom stereocenters. The number of carbonyl (C=O) groups excluding carboxylic acids is 1. The molecule has 0 bridgehead atoms. The van der Waals surface area contributed by atoms with Crippen molar-refractivity contribution >= 4 is 15.9 Å². The number of nitrogens with one attached hydrogen (secondary N) is 1. The second kappa shape index (κ2) is 7.60. The summed E-state index contributed by atoms with van der Waals surface area (Å²) in [6.45, 7) is 1.48. The Labute approximate surface area is 131 Å². The average Bonchev–Trinajstić information content (AvgIpc) is 3.06. The Morgan fingerprint density at radius 1 is 1.27 bits per heavy atom. The second-order valence-corrected chi connectivity index (χ2v) is 7.35. The molecule has 7 heteroatoms. The number of benzene rings is 1. The third-order valence-corrected chi connectivity index (χ3v) is 5.59. The smallest absolute Gasteiger partial charge is 0.221 e. The number of para-hydroxylation sites is 1. The third kappa shape index (κ3) is 4.45. The summed E-state index contributed by atoms with van der Waals surface area (Å²) in [5.74, 6) is 0.297. The van der Waals surface area contributed by atoms with Crippen molar-refractivity contribution in [1.29, 1.82) is 0 Å². The van der Waals surface area contributed by atoms with Gasteiger partial charge in [0.1, 0.15) is 5.75 Å². The Bertz CT molecular complexity index is 610. The van der Waals surface area contributed by atoms with Crippen LogP contribution < -0.4 is 10.1 Å². The molecule has 1 aromatic carbocycles. The minimum Gasteiger partial charge on any atom is -0.496 e. The lowest BCUT2D eigenvalue weighted by molar-refractivity contribution is -0.120. The first-order valence-corrected chi connectivity index (χ1v) is 9.00. The van der Waals surface area contributed by atoms with Crippen LogP contribution in [0.2, 0.25) is 0 Å². The predicted octanol–water partition coefficient (Wildman–Crippen LogP) is 1.13. The number of methoxy groups -OCH3 is 1. The van der Waals surface area contributed by atoms with Crippen LogP contribution >= 0.6 is 0 Å².